The van der Waals surface area contributed by atoms with Gasteiger partial charge in [0.05, 0.1) is 0 Å². The standard InChI is InChI=1S/C43H70O5/c1-3-5-7-9-11-13-15-17-19-20-21-22-24-26-28-30-32-34-36-38-43(46)48-40-41(44)39-47-42(45)37-35-33-31-29-27-25-23-18-16-14-12-10-8-6-4-2/h6,8,11-14,17-19,21-23,26,28,41,44H,3-5,7,9-10,15-16,20,24-25,27,29-40H2,1-2H3/b8-6-,13-11-,14-12-,19-17-,22-21-,23-18-,28-26-/t41-/m0/s1. The molecule has 272 valence electrons. The molecule has 0 amide bonds. The van der Waals surface area contributed by atoms with Crippen LogP contribution < -0.4 is 0 Å². The number of allylic oxidation sites excluding steroid dienone is 14. The minimum Gasteiger partial charge on any atom is -0.463 e. The lowest BCUT2D eigenvalue weighted by molar-refractivity contribution is -0.152. The summed E-state index contributed by atoms with van der Waals surface area (Å²) in [6.45, 7) is 4.10. The normalized spacial score (nSPS) is 13.1. The Morgan fingerprint density at radius 1 is 0.458 bits per heavy atom. The highest BCUT2D eigenvalue weighted by atomic mass is 16.6. The highest BCUT2D eigenvalue weighted by molar-refractivity contribution is 5.69. The van der Waals surface area contributed by atoms with Gasteiger partial charge < -0.3 is 14.6 Å². The molecule has 0 aromatic rings. The van der Waals surface area contributed by atoms with E-state index in [0.717, 1.165) is 96.3 Å². The monoisotopic (exact) mass is 667 g/mol. The summed E-state index contributed by atoms with van der Waals surface area (Å²) < 4.78 is 10.3. The molecule has 0 radical (unpaired) electrons. The average molecular weight is 667 g/mol. The van der Waals surface area contributed by atoms with Gasteiger partial charge >= 0.3 is 11.9 Å². The fourth-order valence-corrected chi connectivity index (χ4v) is 4.73. The van der Waals surface area contributed by atoms with Crippen LogP contribution in [0.15, 0.2) is 85.1 Å². The fourth-order valence-electron chi connectivity index (χ4n) is 4.73. The number of hydrogen-bond donors (Lipinski definition) is 1. The molecule has 0 aliphatic heterocycles. The Bertz CT molecular complexity index is 937. The first-order valence-corrected chi connectivity index (χ1v) is 19.1. The maximum absolute atomic E-state index is 12.0. The van der Waals surface area contributed by atoms with E-state index in [1.807, 2.05) is 0 Å². The molecule has 0 saturated heterocycles. The topological polar surface area (TPSA) is 72.8 Å². The molecule has 0 aromatic heterocycles. The number of aliphatic hydroxyl groups is 1. The molecule has 0 aliphatic carbocycles. The predicted molar refractivity (Wildman–Crippen MR) is 205 cm³/mol. The molecule has 1 atom stereocenters. The lowest BCUT2D eigenvalue weighted by Gasteiger charge is -2.12. The number of ether oxygens (including phenoxy) is 2. The third-order valence-corrected chi connectivity index (χ3v) is 7.61. The van der Waals surface area contributed by atoms with Gasteiger partial charge in [0.25, 0.3) is 0 Å². The van der Waals surface area contributed by atoms with Crippen LogP contribution in [0.4, 0.5) is 0 Å². The van der Waals surface area contributed by atoms with Crippen LogP contribution in [0.1, 0.15) is 155 Å². The first-order chi connectivity index (χ1) is 23.6. The van der Waals surface area contributed by atoms with Crippen molar-refractivity contribution >= 4 is 11.9 Å². The molecule has 0 unspecified atom stereocenters. The summed E-state index contributed by atoms with van der Waals surface area (Å²) in [4.78, 5) is 23.9. The lowest BCUT2D eigenvalue weighted by atomic mass is 10.1. The first kappa shape index (κ1) is 45.1. The van der Waals surface area contributed by atoms with E-state index in [2.05, 4.69) is 98.9 Å². The number of carbonyl (C=O) groups excluding carboxylic acids is 2. The van der Waals surface area contributed by atoms with Gasteiger partial charge in [-0.25, -0.2) is 0 Å². The van der Waals surface area contributed by atoms with E-state index in [1.54, 1.807) is 0 Å². The second-order valence-electron chi connectivity index (χ2n) is 12.3. The average Bonchev–Trinajstić information content (AvgIpc) is 3.09. The van der Waals surface area contributed by atoms with Gasteiger partial charge in [-0.1, -0.05) is 137 Å². The molecular formula is C43H70O5. The highest BCUT2D eigenvalue weighted by Crippen LogP contribution is 2.09. The van der Waals surface area contributed by atoms with Crippen molar-refractivity contribution in [3.05, 3.63) is 85.1 Å². The van der Waals surface area contributed by atoms with Gasteiger partial charge in [0.1, 0.15) is 19.3 Å². The Morgan fingerprint density at radius 2 is 0.792 bits per heavy atom. The van der Waals surface area contributed by atoms with Gasteiger partial charge in [0.2, 0.25) is 0 Å². The quantitative estimate of drug-likeness (QED) is 0.0429. The van der Waals surface area contributed by atoms with Crippen LogP contribution in [-0.2, 0) is 19.1 Å². The molecule has 5 heteroatoms. The van der Waals surface area contributed by atoms with Crippen LogP contribution in [0.2, 0.25) is 0 Å². The van der Waals surface area contributed by atoms with Crippen molar-refractivity contribution in [2.45, 2.75) is 161 Å². The maximum Gasteiger partial charge on any atom is 0.305 e. The molecule has 0 spiro atoms. The summed E-state index contributed by atoms with van der Waals surface area (Å²) in [6, 6.07) is 0. The van der Waals surface area contributed by atoms with Crippen molar-refractivity contribution in [3.8, 4) is 0 Å². The lowest BCUT2D eigenvalue weighted by Crippen LogP contribution is -2.25. The van der Waals surface area contributed by atoms with Gasteiger partial charge in [0.15, 0.2) is 0 Å². The molecule has 48 heavy (non-hydrogen) atoms. The van der Waals surface area contributed by atoms with Gasteiger partial charge in [-0.3, -0.25) is 9.59 Å². The van der Waals surface area contributed by atoms with E-state index >= 15 is 0 Å². The first-order valence-electron chi connectivity index (χ1n) is 19.1. The van der Waals surface area contributed by atoms with E-state index in [9.17, 15) is 14.7 Å². The second-order valence-corrected chi connectivity index (χ2v) is 12.3. The third kappa shape index (κ3) is 37.5. The molecule has 5 nitrogen and oxygen atoms in total. The Hall–Kier alpha value is -2.92. The minimum absolute atomic E-state index is 0.141. The summed E-state index contributed by atoms with van der Waals surface area (Å²) in [6.07, 6.45) is 52.0. The maximum atomic E-state index is 12.0. The van der Waals surface area contributed by atoms with Gasteiger partial charge in [-0.2, -0.15) is 0 Å². The van der Waals surface area contributed by atoms with Crippen molar-refractivity contribution < 1.29 is 24.2 Å². The van der Waals surface area contributed by atoms with Crippen LogP contribution in [0.25, 0.3) is 0 Å². The van der Waals surface area contributed by atoms with Crippen molar-refractivity contribution in [2.75, 3.05) is 13.2 Å². The van der Waals surface area contributed by atoms with E-state index in [0.29, 0.717) is 12.8 Å². The van der Waals surface area contributed by atoms with Gasteiger partial charge in [-0.05, 0) is 89.9 Å². The molecule has 0 fully saturated rings. The summed E-state index contributed by atoms with van der Waals surface area (Å²) in [5.41, 5.74) is 0. The van der Waals surface area contributed by atoms with Gasteiger partial charge in [-0.15, -0.1) is 0 Å². The largest absolute Gasteiger partial charge is 0.463 e. The van der Waals surface area contributed by atoms with E-state index < -0.39 is 6.10 Å². The number of unbranched alkanes of at least 4 members (excludes halogenated alkanes) is 11. The molecule has 1 N–H and O–H groups in total. The van der Waals surface area contributed by atoms with Crippen molar-refractivity contribution in [1.29, 1.82) is 0 Å². The summed E-state index contributed by atoms with van der Waals surface area (Å²) >= 11 is 0. The Labute approximate surface area is 295 Å². The fraction of sp³-hybridized carbons (Fsp3) is 0.628. The molecule has 0 saturated carbocycles. The van der Waals surface area contributed by atoms with Crippen molar-refractivity contribution in [2.24, 2.45) is 0 Å². The zero-order valence-electron chi connectivity index (χ0n) is 30.7. The zero-order chi connectivity index (χ0) is 35.0. The highest BCUT2D eigenvalue weighted by Gasteiger charge is 2.12. The van der Waals surface area contributed by atoms with Crippen LogP contribution in [0.5, 0.6) is 0 Å². The molecule has 0 aromatic carbocycles. The molecule has 0 rings (SSSR count). The number of hydrogen-bond acceptors (Lipinski definition) is 5. The van der Waals surface area contributed by atoms with Crippen LogP contribution >= 0.6 is 0 Å². The summed E-state index contributed by atoms with van der Waals surface area (Å²) in [5, 5.41) is 10.0. The summed E-state index contributed by atoms with van der Waals surface area (Å²) in [5.74, 6) is -0.628. The SMILES string of the molecule is CC/C=C\C/C=C\C/C=C\CCCCCCCC(=O)OC[C@H](O)COC(=O)CCCCC/C=C\C/C=C\C/C=C\C/C=C\CCCCC. The second kappa shape index (κ2) is 38.5. The number of rotatable bonds is 33. The molecule has 0 aliphatic rings. The molecular weight excluding hydrogens is 596 g/mol. The molecule has 0 bridgehead atoms. The number of carbonyl (C=O) groups is 2. The van der Waals surface area contributed by atoms with Crippen molar-refractivity contribution in [3.63, 3.8) is 0 Å². The minimum atomic E-state index is -0.989. The van der Waals surface area contributed by atoms with Gasteiger partial charge in [0, 0.05) is 12.8 Å². The zero-order valence-corrected chi connectivity index (χ0v) is 30.7. The van der Waals surface area contributed by atoms with E-state index in [1.165, 1.54) is 32.1 Å². The van der Waals surface area contributed by atoms with Crippen LogP contribution in [0, 0.1) is 0 Å². The van der Waals surface area contributed by atoms with E-state index in [-0.39, 0.29) is 25.2 Å². The van der Waals surface area contributed by atoms with Crippen molar-refractivity contribution in [1.82, 2.24) is 0 Å². The van der Waals surface area contributed by atoms with Crippen LogP contribution in [-0.4, -0.2) is 36.4 Å². The Balaban J connectivity index is 3.57. The third-order valence-electron chi connectivity index (χ3n) is 7.61. The summed E-state index contributed by atoms with van der Waals surface area (Å²) in [7, 11) is 0. The van der Waals surface area contributed by atoms with Crippen LogP contribution in [0.3, 0.4) is 0 Å². The van der Waals surface area contributed by atoms with E-state index in [4.69, 9.17) is 9.47 Å². The molecule has 0 heterocycles. The Morgan fingerprint density at radius 3 is 1.21 bits per heavy atom. The number of aliphatic hydroxyl groups excluding tert-OH is 1. The predicted octanol–water partition coefficient (Wildman–Crippen LogP) is 11.9. The number of esters is 2. The Kier molecular flexibility index (Phi) is 36.2. The smallest absolute Gasteiger partial charge is 0.305 e.